The number of rotatable bonds is 7. The standard InChI is InChI=1S/C20H34N4O.HI/c1-6-21-20(23-19-14-24(15(2)3)13-16(19)4)22-11-10-17-8-7-9-18(12-17)25-5;/h7-9,12,15-16,19H,6,10-11,13-14H2,1-5H3,(H2,21,22,23);1H. The van der Waals surface area contributed by atoms with Crippen LogP contribution >= 0.6 is 24.0 Å². The second-order valence-corrected chi connectivity index (χ2v) is 7.14. The van der Waals surface area contributed by atoms with Gasteiger partial charge in [-0.25, -0.2) is 0 Å². The van der Waals surface area contributed by atoms with E-state index < -0.39 is 0 Å². The van der Waals surface area contributed by atoms with Crippen molar-refractivity contribution in [2.75, 3.05) is 33.3 Å². The second-order valence-electron chi connectivity index (χ2n) is 7.14. The van der Waals surface area contributed by atoms with Crippen LogP contribution in [0.4, 0.5) is 0 Å². The summed E-state index contributed by atoms with van der Waals surface area (Å²) in [6, 6.07) is 9.26. The van der Waals surface area contributed by atoms with Crippen LogP contribution in [0, 0.1) is 5.92 Å². The van der Waals surface area contributed by atoms with Gasteiger partial charge in [0.2, 0.25) is 0 Å². The van der Waals surface area contributed by atoms with Gasteiger partial charge in [0.15, 0.2) is 5.96 Å². The molecule has 0 spiro atoms. The number of halogens is 1. The van der Waals surface area contributed by atoms with Gasteiger partial charge >= 0.3 is 0 Å². The van der Waals surface area contributed by atoms with Crippen LogP contribution in [0.3, 0.4) is 0 Å². The summed E-state index contributed by atoms with van der Waals surface area (Å²) in [5.41, 5.74) is 1.25. The first kappa shape index (κ1) is 23.0. The molecular weight excluding hydrogens is 439 g/mol. The van der Waals surface area contributed by atoms with Crippen molar-refractivity contribution in [1.82, 2.24) is 15.5 Å². The van der Waals surface area contributed by atoms with E-state index in [1.165, 1.54) is 5.56 Å². The summed E-state index contributed by atoms with van der Waals surface area (Å²) in [4.78, 5) is 7.30. The van der Waals surface area contributed by atoms with Crippen molar-refractivity contribution in [3.8, 4) is 5.75 Å². The van der Waals surface area contributed by atoms with E-state index in [4.69, 9.17) is 9.73 Å². The molecule has 0 radical (unpaired) electrons. The van der Waals surface area contributed by atoms with Crippen LogP contribution in [0.15, 0.2) is 29.3 Å². The van der Waals surface area contributed by atoms with E-state index in [-0.39, 0.29) is 24.0 Å². The van der Waals surface area contributed by atoms with Crippen LogP contribution < -0.4 is 15.4 Å². The molecule has 1 heterocycles. The molecular formula is C20H35IN4O. The molecule has 6 heteroatoms. The van der Waals surface area contributed by atoms with Crippen molar-refractivity contribution in [3.05, 3.63) is 29.8 Å². The minimum absolute atomic E-state index is 0. The lowest BCUT2D eigenvalue weighted by Gasteiger charge is -2.22. The van der Waals surface area contributed by atoms with Crippen molar-refractivity contribution in [2.24, 2.45) is 10.9 Å². The third kappa shape index (κ3) is 6.95. The van der Waals surface area contributed by atoms with Gasteiger partial charge in [-0.15, -0.1) is 24.0 Å². The van der Waals surface area contributed by atoms with E-state index in [9.17, 15) is 0 Å². The van der Waals surface area contributed by atoms with Crippen LogP contribution in [0.25, 0.3) is 0 Å². The number of benzene rings is 1. The molecule has 0 amide bonds. The Hall–Kier alpha value is -1.02. The van der Waals surface area contributed by atoms with E-state index in [1.807, 2.05) is 12.1 Å². The summed E-state index contributed by atoms with van der Waals surface area (Å²) < 4.78 is 5.29. The maximum absolute atomic E-state index is 5.29. The van der Waals surface area contributed by atoms with Gasteiger partial charge in [0.05, 0.1) is 7.11 Å². The zero-order valence-electron chi connectivity index (χ0n) is 16.8. The molecule has 26 heavy (non-hydrogen) atoms. The number of ether oxygens (including phenoxy) is 1. The number of nitrogens with zero attached hydrogens (tertiary/aromatic N) is 2. The highest BCUT2D eigenvalue weighted by Crippen LogP contribution is 2.18. The topological polar surface area (TPSA) is 48.9 Å². The number of guanidine groups is 1. The van der Waals surface area contributed by atoms with Crippen molar-refractivity contribution in [1.29, 1.82) is 0 Å². The number of hydrogen-bond donors (Lipinski definition) is 2. The zero-order chi connectivity index (χ0) is 18.2. The average Bonchev–Trinajstić information content (AvgIpc) is 2.96. The average molecular weight is 474 g/mol. The molecule has 1 aromatic rings. The van der Waals surface area contributed by atoms with Gasteiger partial charge in [-0.3, -0.25) is 9.89 Å². The molecule has 1 saturated heterocycles. The smallest absolute Gasteiger partial charge is 0.191 e. The maximum Gasteiger partial charge on any atom is 0.191 e. The molecule has 1 fully saturated rings. The van der Waals surface area contributed by atoms with E-state index in [2.05, 4.69) is 55.4 Å². The zero-order valence-corrected chi connectivity index (χ0v) is 19.1. The Balaban J connectivity index is 0.00000338. The molecule has 0 saturated carbocycles. The van der Waals surface area contributed by atoms with E-state index in [1.54, 1.807) is 7.11 Å². The van der Waals surface area contributed by atoms with Gasteiger partial charge in [-0.05, 0) is 50.8 Å². The van der Waals surface area contributed by atoms with Gasteiger partial charge in [0.25, 0.3) is 0 Å². The molecule has 0 bridgehead atoms. The van der Waals surface area contributed by atoms with E-state index in [0.29, 0.717) is 18.0 Å². The van der Waals surface area contributed by atoms with Gasteiger partial charge in [0, 0.05) is 38.3 Å². The molecule has 0 aromatic heterocycles. The normalized spacial score (nSPS) is 20.8. The van der Waals surface area contributed by atoms with Crippen LogP contribution in [0.1, 0.15) is 33.3 Å². The summed E-state index contributed by atoms with van der Waals surface area (Å²) in [7, 11) is 1.70. The largest absolute Gasteiger partial charge is 0.497 e. The molecule has 2 N–H and O–H groups in total. The first-order chi connectivity index (χ1) is 12.0. The Morgan fingerprint density at radius 1 is 1.35 bits per heavy atom. The van der Waals surface area contributed by atoms with Crippen LogP contribution in [-0.2, 0) is 6.42 Å². The Kier molecular flexibility index (Phi) is 10.3. The fraction of sp³-hybridized carbons (Fsp3) is 0.650. The van der Waals surface area contributed by atoms with Crippen molar-refractivity contribution in [3.63, 3.8) is 0 Å². The minimum Gasteiger partial charge on any atom is -0.497 e. The number of aliphatic imine (C=N–C) groups is 1. The molecule has 148 valence electrons. The van der Waals surface area contributed by atoms with E-state index in [0.717, 1.165) is 44.3 Å². The fourth-order valence-corrected chi connectivity index (χ4v) is 3.23. The van der Waals surface area contributed by atoms with Crippen molar-refractivity contribution in [2.45, 2.75) is 46.2 Å². The molecule has 1 aliphatic rings. The van der Waals surface area contributed by atoms with Gasteiger partial charge in [-0.2, -0.15) is 0 Å². The fourth-order valence-electron chi connectivity index (χ4n) is 3.23. The number of hydrogen-bond acceptors (Lipinski definition) is 3. The molecule has 2 unspecified atom stereocenters. The Bertz CT molecular complexity index is 564. The molecule has 2 rings (SSSR count). The summed E-state index contributed by atoms with van der Waals surface area (Å²) in [6.45, 7) is 12.8. The van der Waals surface area contributed by atoms with Crippen LogP contribution in [0.2, 0.25) is 0 Å². The third-order valence-electron chi connectivity index (χ3n) is 4.84. The molecule has 1 aliphatic heterocycles. The Morgan fingerprint density at radius 2 is 2.12 bits per heavy atom. The third-order valence-corrected chi connectivity index (χ3v) is 4.84. The quantitative estimate of drug-likeness (QED) is 0.362. The first-order valence-corrected chi connectivity index (χ1v) is 9.45. The number of nitrogens with one attached hydrogen (secondary N) is 2. The molecule has 0 aliphatic carbocycles. The first-order valence-electron chi connectivity index (χ1n) is 9.45. The summed E-state index contributed by atoms with van der Waals surface area (Å²) >= 11 is 0. The predicted molar refractivity (Wildman–Crippen MR) is 121 cm³/mol. The highest BCUT2D eigenvalue weighted by atomic mass is 127. The molecule has 5 nitrogen and oxygen atoms in total. The summed E-state index contributed by atoms with van der Waals surface area (Å²) in [6.07, 6.45) is 0.909. The number of likely N-dealkylation sites (tertiary alicyclic amines) is 1. The lowest BCUT2D eigenvalue weighted by Crippen LogP contribution is -2.46. The van der Waals surface area contributed by atoms with Gasteiger partial charge < -0.3 is 15.4 Å². The second kappa shape index (κ2) is 11.6. The Morgan fingerprint density at radius 3 is 2.73 bits per heavy atom. The van der Waals surface area contributed by atoms with Gasteiger partial charge in [-0.1, -0.05) is 19.1 Å². The maximum atomic E-state index is 5.29. The SMILES string of the molecule is CCNC(=NCCc1cccc(OC)c1)NC1CN(C(C)C)CC1C.I. The predicted octanol–water partition coefficient (Wildman–Crippen LogP) is 3.14. The Labute approximate surface area is 176 Å². The highest BCUT2D eigenvalue weighted by molar-refractivity contribution is 14.0. The lowest BCUT2D eigenvalue weighted by molar-refractivity contribution is 0.265. The lowest BCUT2D eigenvalue weighted by atomic mass is 10.1. The van der Waals surface area contributed by atoms with Crippen molar-refractivity contribution >= 4 is 29.9 Å². The molecule has 1 aromatic carbocycles. The number of methoxy groups -OCH3 is 1. The van der Waals surface area contributed by atoms with E-state index >= 15 is 0 Å². The highest BCUT2D eigenvalue weighted by Gasteiger charge is 2.31. The van der Waals surface area contributed by atoms with Crippen LogP contribution in [-0.4, -0.2) is 56.2 Å². The minimum atomic E-state index is 0. The van der Waals surface area contributed by atoms with Crippen molar-refractivity contribution < 1.29 is 4.74 Å². The van der Waals surface area contributed by atoms with Crippen LogP contribution in [0.5, 0.6) is 5.75 Å². The summed E-state index contributed by atoms with van der Waals surface area (Å²) in [5.74, 6) is 2.46. The summed E-state index contributed by atoms with van der Waals surface area (Å²) in [5, 5.41) is 7.01. The molecule has 2 atom stereocenters. The monoisotopic (exact) mass is 474 g/mol. The van der Waals surface area contributed by atoms with Gasteiger partial charge in [0.1, 0.15) is 5.75 Å².